The van der Waals surface area contributed by atoms with E-state index >= 15 is 0 Å². The third kappa shape index (κ3) is 2.98. The van der Waals surface area contributed by atoms with Crippen LogP contribution in [0.2, 0.25) is 0 Å². The average molecular weight is 280 g/mol. The average Bonchev–Trinajstić information content (AvgIpc) is 2.83. The van der Waals surface area contributed by atoms with Gasteiger partial charge in [-0.2, -0.15) is 0 Å². The van der Waals surface area contributed by atoms with Crippen molar-refractivity contribution in [3.05, 3.63) is 22.8 Å². The number of ether oxygens (including phenoxy) is 2. The summed E-state index contributed by atoms with van der Waals surface area (Å²) in [6, 6.07) is 0. The highest BCUT2D eigenvalue weighted by molar-refractivity contribution is 6.03. The van der Waals surface area contributed by atoms with Gasteiger partial charge < -0.3 is 9.47 Å². The van der Waals surface area contributed by atoms with E-state index in [9.17, 15) is 14.4 Å². The highest BCUT2D eigenvalue weighted by Gasteiger charge is 2.53. The quantitative estimate of drug-likeness (QED) is 0.333. The lowest BCUT2D eigenvalue weighted by Gasteiger charge is -2.23. The molecule has 5 nitrogen and oxygen atoms in total. The molecule has 110 valence electrons. The Morgan fingerprint density at radius 2 is 1.70 bits per heavy atom. The van der Waals surface area contributed by atoms with E-state index in [1.165, 1.54) is 14.2 Å². The number of carbonyl (C=O) groups excluding carboxylic acids is 3. The molecule has 20 heavy (non-hydrogen) atoms. The molecule has 0 bridgehead atoms. The van der Waals surface area contributed by atoms with Crippen molar-refractivity contribution in [1.82, 2.24) is 0 Å². The van der Waals surface area contributed by atoms with E-state index in [0.717, 1.165) is 11.1 Å². The van der Waals surface area contributed by atoms with Crippen LogP contribution in [0, 0.1) is 5.41 Å². The summed E-state index contributed by atoms with van der Waals surface area (Å²) < 4.78 is 9.46. The number of methoxy groups -OCH3 is 2. The van der Waals surface area contributed by atoms with Gasteiger partial charge in [0.2, 0.25) is 0 Å². The van der Waals surface area contributed by atoms with Gasteiger partial charge in [-0.05, 0) is 32.3 Å². The van der Waals surface area contributed by atoms with Crippen LogP contribution in [0.5, 0.6) is 0 Å². The number of aldehydes is 1. The van der Waals surface area contributed by atoms with Crippen molar-refractivity contribution in [3.8, 4) is 0 Å². The Hall–Kier alpha value is -1.91. The SMILES string of the molecule is COC(=O)C1(C(=O)OC)CC(C=O)=C(CC=C(C)C)C1. The Labute approximate surface area is 118 Å². The first-order valence-electron chi connectivity index (χ1n) is 6.37. The molecule has 0 radical (unpaired) electrons. The maximum absolute atomic E-state index is 12.0. The van der Waals surface area contributed by atoms with E-state index in [1.54, 1.807) is 0 Å². The van der Waals surface area contributed by atoms with Gasteiger partial charge in [0.25, 0.3) is 0 Å². The highest BCUT2D eigenvalue weighted by atomic mass is 16.5. The van der Waals surface area contributed by atoms with Gasteiger partial charge in [0, 0.05) is 6.42 Å². The fourth-order valence-electron chi connectivity index (χ4n) is 2.41. The van der Waals surface area contributed by atoms with Gasteiger partial charge in [-0.3, -0.25) is 14.4 Å². The molecule has 0 aromatic rings. The number of rotatable bonds is 5. The van der Waals surface area contributed by atoms with Gasteiger partial charge >= 0.3 is 11.9 Å². The summed E-state index contributed by atoms with van der Waals surface area (Å²) in [5, 5.41) is 0. The molecular weight excluding hydrogens is 260 g/mol. The smallest absolute Gasteiger partial charge is 0.323 e. The summed E-state index contributed by atoms with van der Waals surface area (Å²) in [7, 11) is 2.45. The fourth-order valence-corrected chi connectivity index (χ4v) is 2.41. The second kappa shape index (κ2) is 6.50. The van der Waals surface area contributed by atoms with Crippen molar-refractivity contribution >= 4 is 18.2 Å². The predicted molar refractivity (Wildman–Crippen MR) is 72.8 cm³/mol. The van der Waals surface area contributed by atoms with Gasteiger partial charge in [-0.15, -0.1) is 0 Å². The van der Waals surface area contributed by atoms with E-state index in [1.807, 2.05) is 19.9 Å². The summed E-state index contributed by atoms with van der Waals surface area (Å²) in [6.45, 7) is 3.90. The molecule has 1 aliphatic carbocycles. The summed E-state index contributed by atoms with van der Waals surface area (Å²) in [6.07, 6.45) is 3.43. The molecule has 0 unspecified atom stereocenters. The molecule has 0 atom stereocenters. The van der Waals surface area contributed by atoms with E-state index in [2.05, 4.69) is 0 Å². The Morgan fingerprint density at radius 1 is 1.15 bits per heavy atom. The zero-order valence-corrected chi connectivity index (χ0v) is 12.3. The molecule has 0 saturated heterocycles. The maximum Gasteiger partial charge on any atom is 0.323 e. The standard InChI is InChI=1S/C15H20O5/c1-10(2)5-6-11-7-15(13(17)19-3,14(18)20-4)8-12(11)9-16/h5,9H,6-8H2,1-4H3. The molecule has 0 spiro atoms. The molecule has 0 fully saturated rings. The second-order valence-electron chi connectivity index (χ2n) is 5.15. The molecule has 0 aromatic carbocycles. The van der Waals surface area contributed by atoms with E-state index < -0.39 is 17.4 Å². The Bertz CT molecular complexity index is 464. The Balaban J connectivity index is 3.12. The molecule has 0 amide bonds. The van der Waals surface area contributed by atoms with Gasteiger partial charge in [-0.1, -0.05) is 17.2 Å². The van der Waals surface area contributed by atoms with Gasteiger partial charge in [0.1, 0.15) is 6.29 Å². The topological polar surface area (TPSA) is 69.7 Å². The third-order valence-corrected chi connectivity index (χ3v) is 3.51. The Morgan fingerprint density at radius 3 is 2.10 bits per heavy atom. The number of hydrogen-bond donors (Lipinski definition) is 0. The van der Waals surface area contributed by atoms with Crippen LogP contribution in [0.15, 0.2) is 22.8 Å². The minimum atomic E-state index is -1.41. The van der Waals surface area contributed by atoms with Crippen molar-refractivity contribution in [1.29, 1.82) is 0 Å². The fraction of sp³-hybridized carbons (Fsp3) is 0.533. The first kappa shape index (κ1) is 16.1. The van der Waals surface area contributed by atoms with Gasteiger partial charge in [0.15, 0.2) is 5.41 Å². The summed E-state index contributed by atoms with van der Waals surface area (Å²) in [5.74, 6) is -1.31. The molecule has 0 heterocycles. The summed E-state index contributed by atoms with van der Waals surface area (Å²) in [4.78, 5) is 35.2. The number of esters is 2. The van der Waals surface area contributed by atoms with Crippen molar-refractivity contribution in [2.75, 3.05) is 14.2 Å². The monoisotopic (exact) mass is 280 g/mol. The summed E-state index contributed by atoms with van der Waals surface area (Å²) in [5.41, 5.74) is 0.969. The van der Waals surface area contributed by atoms with Crippen LogP contribution in [0.3, 0.4) is 0 Å². The van der Waals surface area contributed by atoms with Crippen LogP contribution >= 0.6 is 0 Å². The largest absolute Gasteiger partial charge is 0.468 e. The molecular formula is C15H20O5. The number of allylic oxidation sites excluding steroid dienone is 4. The number of hydrogen-bond acceptors (Lipinski definition) is 5. The maximum atomic E-state index is 12.0. The molecule has 1 rings (SSSR count). The highest BCUT2D eigenvalue weighted by Crippen LogP contribution is 2.44. The lowest BCUT2D eigenvalue weighted by molar-refractivity contribution is -0.168. The third-order valence-electron chi connectivity index (χ3n) is 3.51. The van der Waals surface area contributed by atoms with E-state index in [0.29, 0.717) is 18.3 Å². The van der Waals surface area contributed by atoms with E-state index in [-0.39, 0.29) is 12.8 Å². The molecule has 0 aromatic heterocycles. The van der Waals surface area contributed by atoms with Crippen LogP contribution in [-0.2, 0) is 23.9 Å². The molecule has 0 N–H and O–H groups in total. The lowest BCUT2D eigenvalue weighted by atomic mass is 9.83. The minimum absolute atomic E-state index is 0.0434. The zero-order valence-electron chi connectivity index (χ0n) is 12.3. The Kier molecular flexibility index (Phi) is 5.25. The van der Waals surface area contributed by atoms with Crippen LogP contribution in [-0.4, -0.2) is 32.4 Å². The predicted octanol–water partition coefficient (Wildman–Crippen LogP) is 1.96. The first-order valence-corrected chi connectivity index (χ1v) is 6.37. The second-order valence-corrected chi connectivity index (χ2v) is 5.15. The molecule has 5 heteroatoms. The van der Waals surface area contributed by atoms with Gasteiger partial charge in [0.05, 0.1) is 14.2 Å². The normalized spacial score (nSPS) is 16.6. The lowest BCUT2D eigenvalue weighted by Crippen LogP contribution is -2.39. The molecule has 0 aliphatic heterocycles. The van der Waals surface area contributed by atoms with Crippen LogP contribution in [0.4, 0.5) is 0 Å². The summed E-state index contributed by atoms with van der Waals surface area (Å²) >= 11 is 0. The van der Waals surface area contributed by atoms with Crippen LogP contribution in [0.25, 0.3) is 0 Å². The van der Waals surface area contributed by atoms with Crippen molar-refractivity contribution in [2.45, 2.75) is 33.1 Å². The molecule has 1 aliphatic rings. The van der Waals surface area contributed by atoms with Crippen molar-refractivity contribution < 1.29 is 23.9 Å². The van der Waals surface area contributed by atoms with Gasteiger partial charge in [-0.25, -0.2) is 0 Å². The van der Waals surface area contributed by atoms with E-state index in [4.69, 9.17) is 9.47 Å². The van der Waals surface area contributed by atoms with Crippen molar-refractivity contribution in [3.63, 3.8) is 0 Å². The number of carbonyl (C=O) groups is 3. The van der Waals surface area contributed by atoms with Crippen LogP contribution < -0.4 is 0 Å². The molecule has 0 saturated carbocycles. The van der Waals surface area contributed by atoms with Crippen LogP contribution in [0.1, 0.15) is 33.1 Å². The van der Waals surface area contributed by atoms with Crippen molar-refractivity contribution in [2.24, 2.45) is 5.41 Å². The zero-order chi connectivity index (χ0) is 15.3. The minimum Gasteiger partial charge on any atom is -0.468 e. The first-order chi connectivity index (χ1) is 9.41.